The molecule has 20 heavy (non-hydrogen) atoms. The van der Waals surface area contributed by atoms with Crippen molar-refractivity contribution in [2.24, 2.45) is 0 Å². The van der Waals surface area contributed by atoms with E-state index in [-0.39, 0.29) is 25.3 Å². The number of rotatable bonds is 8. The Kier molecular flexibility index (Phi) is 8.29. The molecule has 106 valence electrons. The van der Waals surface area contributed by atoms with Gasteiger partial charge in [0.15, 0.2) is 5.41 Å². The Morgan fingerprint density at radius 2 is 1.55 bits per heavy atom. The zero-order valence-electron chi connectivity index (χ0n) is 11.1. The van der Waals surface area contributed by atoms with Gasteiger partial charge in [-0.25, -0.2) is 0 Å². The van der Waals surface area contributed by atoms with Gasteiger partial charge in [-0.3, -0.25) is 9.59 Å². The Morgan fingerprint density at radius 1 is 1.00 bits per heavy atom. The Labute approximate surface area is 131 Å². The minimum absolute atomic E-state index is 0. The molecule has 0 saturated heterocycles. The third-order valence-electron chi connectivity index (χ3n) is 3.40. The average molecular weight is 272 g/mol. The van der Waals surface area contributed by atoms with Crippen LogP contribution in [0.4, 0.5) is 0 Å². The summed E-state index contributed by atoms with van der Waals surface area (Å²) in [7, 11) is 0. The van der Waals surface area contributed by atoms with Gasteiger partial charge >= 0.3 is 30.8 Å². The van der Waals surface area contributed by atoms with Crippen molar-refractivity contribution < 1.29 is 19.8 Å². The van der Waals surface area contributed by atoms with Gasteiger partial charge in [-0.1, -0.05) is 62.9 Å². The summed E-state index contributed by atoms with van der Waals surface area (Å²) in [4.78, 5) is 23.1. The van der Waals surface area contributed by atoms with Crippen molar-refractivity contribution in [1.29, 1.82) is 0 Å². The molecular formula is C15H21LiO4. The number of hydrogen-bond donors (Lipinski definition) is 2. The zero-order valence-corrected chi connectivity index (χ0v) is 11.1. The predicted molar refractivity (Wildman–Crippen MR) is 79.3 cm³/mol. The molecule has 1 aromatic rings. The second kappa shape index (κ2) is 8.83. The Balaban J connectivity index is 0.00000361. The standard InChI is InChI=1S/C15H20O4.Li.H/c1-2-3-4-8-11-15(13(16)17,14(18)19)12-9-6-5-7-10-12;;/h5-7,9-10H,2-4,8,11H2,1H3,(H,16,17)(H,18,19);;. The summed E-state index contributed by atoms with van der Waals surface area (Å²) in [6, 6.07) is 8.23. The number of benzene rings is 1. The summed E-state index contributed by atoms with van der Waals surface area (Å²) in [5.74, 6) is -2.58. The van der Waals surface area contributed by atoms with Crippen LogP contribution in [0.5, 0.6) is 0 Å². The van der Waals surface area contributed by atoms with E-state index < -0.39 is 17.4 Å². The van der Waals surface area contributed by atoms with Crippen molar-refractivity contribution in [1.82, 2.24) is 0 Å². The molecule has 5 heteroatoms. The second-order valence-electron chi connectivity index (χ2n) is 4.69. The van der Waals surface area contributed by atoms with Gasteiger partial charge in [0.25, 0.3) is 0 Å². The number of carboxylic acid groups (broad SMARTS) is 2. The summed E-state index contributed by atoms with van der Waals surface area (Å²) in [5, 5.41) is 18.8. The SMILES string of the molecule is CCCCCCC(C(=O)O)(C(=O)O)c1ccccc1.[LiH]. The minimum atomic E-state index is -1.82. The van der Waals surface area contributed by atoms with Crippen molar-refractivity contribution in [3.63, 3.8) is 0 Å². The van der Waals surface area contributed by atoms with Gasteiger partial charge in [0, 0.05) is 0 Å². The van der Waals surface area contributed by atoms with Crippen LogP contribution in [0.3, 0.4) is 0 Å². The monoisotopic (exact) mass is 272 g/mol. The quantitative estimate of drug-likeness (QED) is 0.433. The fourth-order valence-electron chi connectivity index (χ4n) is 2.24. The molecule has 4 nitrogen and oxygen atoms in total. The molecule has 0 aromatic heterocycles. The summed E-state index contributed by atoms with van der Waals surface area (Å²) in [5.41, 5.74) is -1.49. The Hall–Kier alpha value is -1.24. The molecule has 0 unspecified atom stereocenters. The number of carbonyl (C=O) groups is 2. The van der Waals surface area contributed by atoms with Gasteiger partial charge in [-0.2, -0.15) is 0 Å². The topological polar surface area (TPSA) is 74.6 Å². The van der Waals surface area contributed by atoms with Crippen molar-refractivity contribution in [3.8, 4) is 0 Å². The molecule has 1 rings (SSSR count). The van der Waals surface area contributed by atoms with E-state index in [4.69, 9.17) is 0 Å². The fraction of sp³-hybridized carbons (Fsp3) is 0.467. The summed E-state index contributed by atoms with van der Waals surface area (Å²) >= 11 is 0. The second-order valence-corrected chi connectivity index (χ2v) is 4.69. The third-order valence-corrected chi connectivity index (χ3v) is 3.40. The number of aliphatic carboxylic acids is 2. The molecule has 0 aliphatic rings. The van der Waals surface area contributed by atoms with E-state index in [0.717, 1.165) is 19.3 Å². The van der Waals surface area contributed by atoms with E-state index in [1.54, 1.807) is 30.3 Å². The maximum absolute atomic E-state index is 11.5. The molecular weight excluding hydrogens is 251 g/mol. The van der Waals surface area contributed by atoms with Gasteiger partial charge in [-0.15, -0.1) is 0 Å². The first-order chi connectivity index (χ1) is 9.05. The van der Waals surface area contributed by atoms with Gasteiger partial charge in [0.1, 0.15) is 0 Å². The van der Waals surface area contributed by atoms with Gasteiger partial charge in [-0.05, 0) is 12.0 Å². The first-order valence-corrected chi connectivity index (χ1v) is 6.58. The average Bonchev–Trinajstić information content (AvgIpc) is 2.39. The predicted octanol–water partition coefficient (Wildman–Crippen LogP) is 2.42. The van der Waals surface area contributed by atoms with Crippen LogP contribution in [0.15, 0.2) is 30.3 Å². The third kappa shape index (κ3) is 4.13. The molecule has 0 fully saturated rings. The van der Waals surface area contributed by atoms with Crippen LogP contribution in [0.2, 0.25) is 0 Å². The molecule has 1 aromatic carbocycles. The molecule has 0 heterocycles. The molecule has 0 atom stereocenters. The van der Waals surface area contributed by atoms with Gasteiger partial charge in [0.05, 0.1) is 0 Å². The number of hydrogen-bond acceptors (Lipinski definition) is 2. The van der Waals surface area contributed by atoms with E-state index in [1.807, 2.05) is 0 Å². The van der Waals surface area contributed by atoms with Crippen LogP contribution in [0.1, 0.15) is 44.6 Å². The van der Waals surface area contributed by atoms with Gasteiger partial charge < -0.3 is 10.2 Å². The van der Waals surface area contributed by atoms with Gasteiger partial charge in [0.2, 0.25) is 0 Å². The van der Waals surface area contributed by atoms with Crippen LogP contribution >= 0.6 is 0 Å². The molecule has 0 aliphatic heterocycles. The maximum atomic E-state index is 11.5. The van der Waals surface area contributed by atoms with Crippen LogP contribution in [-0.2, 0) is 15.0 Å². The van der Waals surface area contributed by atoms with Crippen LogP contribution in [0, 0.1) is 0 Å². The Bertz CT molecular complexity index is 417. The van der Waals surface area contributed by atoms with E-state index in [0.29, 0.717) is 12.0 Å². The van der Waals surface area contributed by atoms with Crippen molar-refractivity contribution in [2.75, 3.05) is 0 Å². The molecule has 0 aliphatic carbocycles. The van der Waals surface area contributed by atoms with E-state index in [1.165, 1.54) is 0 Å². The summed E-state index contributed by atoms with van der Waals surface area (Å²) in [6.07, 6.45) is 3.59. The first-order valence-electron chi connectivity index (χ1n) is 6.58. The van der Waals surface area contributed by atoms with Crippen LogP contribution < -0.4 is 0 Å². The number of carboxylic acids is 2. The molecule has 0 bridgehead atoms. The van der Waals surface area contributed by atoms with E-state index in [9.17, 15) is 19.8 Å². The van der Waals surface area contributed by atoms with Crippen LogP contribution in [-0.4, -0.2) is 41.0 Å². The van der Waals surface area contributed by atoms with Crippen molar-refractivity contribution in [3.05, 3.63) is 35.9 Å². The van der Waals surface area contributed by atoms with E-state index in [2.05, 4.69) is 6.92 Å². The van der Waals surface area contributed by atoms with Crippen molar-refractivity contribution in [2.45, 2.75) is 44.4 Å². The molecule has 2 N–H and O–H groups in total. The molecule has 0 amide bonds. The first kappa shape index (κ1) is 18.8. The zero-order chi connectivity index (χ0) is 14.3. The molecule has 0 radical (unpaired) electrons. The fourth-order valence-corrected chi connectivity index (χ4v) is 2.24. The summed E-state index contributed by atoms with van der Waals surface area (Å²) < 4.78 is 0. The summed E-state index contributed by atoms with van der Waals surface area (Å²) in [6.45, 7) is 2.05. The number of unbranched alkanes of at least 4 members (excludes halogenated alkanes) is 3. The van der Waals surface area contributed by atoms with E-state index >= 15 is 0 Å². The van der Waals surface area contributed by atoms with Crippen molar-refractivity contribution >= 4 is 30.8 Å². The van der Waals surface area contributed by atoms with Crippen LogP contribution in [0.25, 0.3) is 0 Å². The normalized spacial score (nSPS) is 10.7. The molecule has 0 saturated carbocycles. The Morgan fingerprint density at radius 3 is 2.00 bits per heavy atom. The molecule has 0 spiro atoms.